The van der Waals surface area contributed by atoms with Crippen molar-refractivity contribution in [3.63, 3.8) is 0 Å². The summed E-state index contributed by atoms with van der Waals surface area (Å²) >= 11 is 12.0. The predicted molar refractivity (Wildman–Crippen MR) is 80.2 cm³/mol. The number of hydrogen-bond acceptors (Lipinski definition) is 2. The molecule has 0 amide bonds. The summed E-state index contributed by atoms with van der Waals surface area (Å²) in [6.07, 6.45) is 0. The maximum atomic E-state index is 13.2. The molecule has 0 bridgehead atoms. The molecule has 0 saturated carbocycles. The lowest BCUT2D eigenvalue weighted by Gasteiger charge is -2.10. The monoisotopic (exact) mass is 309 g/mol. The first kappa shape index (κ1) is 13.2. The van der Waals surface area contributed by atoms with Gasteiger partial charge in [0.1, 0.15) is 5.82 Å². The number of aromatic nitrogens is 2. The standard InChI is InChI=1S/C14H10Cl2FN3/c1-7-4-8(17)2-3-12(7)20-13-6-10(16)9(15)5-11(13)19-14(20)18/h2-6H,1H3,(H2,18,19). The Morgan fingerprint density at radius 3 is 2.55 bits per heavy atom. The number of nitrogens with two attached hydrogens (primary N) is 1. The Balaban J connectivity index is 2.35. The highest BCUT2D eigenvalue weighted by molar-refractivity contribution is 6.42. The summed E-state index contributed by atoms with van der Waals surface area (Å²) in [7, 11) is 0. The van der Waals surface area contributed by atoms with E-state index in [4.69, 9.17) is 28.9 Å². The van der Waals surface area contributed by atoms with Crippen LogP contribution >= 0.6 is 23.2 Å². The van der Waals surface area contributed by atoms with Gasteiger partial charge in [0.25, 0.3) is 0 Å². The van der Waals surface area contributed by atoms with Crippen LogP contribution in [-0.2, 0) is 0 Å². The van der Waals surface area contributed by atoms with Crippen LogP contribution in [0.5, 0.6) is 0 Å². The topological polar surface area (TPSA) is 43.8 Å². The van der Waals surface area contributed by atoms with Crippen LogP contribution in [0.4, 0.5) is 10.3 Å². The number of imidazole rings is 1. The Bertz CT molecular complexity index is 827. The van der Waals surface area contributed by atoms with E-state index in [9.17, 15) is 4.39 Å². The first-order valence-electron chi connectivity index (χ1n) is 5.87. The highest BCUT2D eigenvalue weighted by Crippen LogP contribution is 2.31. The van der Waals surface area contributed by atoms with Crippen molar-refractivity contribution in [1.29, 1.82) is 0 Å². The highest BCUT2D eigenvalue weighted by Gasteiger charge is 2.14. The van der Waals surface area contributed by atoms with Gasteiger partial charge in [0, 0.05) is 0 Å². The van der Waals surface area contributed by atoms with Crippen LogP contribution in [0.15, 0.2) is 30.3 Å². The molecule has 0 aliphatic rings. The quantitative estimate of drug-likeness (QED) is 0.725. The first-order chi connectivity index (χ1) is 9.47. The lowest BCUT2D eigenvalue weighted by Crippen LogP contribution is -2.02. The number of halogens is 3. The normalized spacial score (nSPS) is 11.2. The molecule has 102 valence electrons. The number of rotatable bonds is 1. The van der Waals surface area contributed by atoms with Gasteiger partial charge in [0.2, 0.25) is 5.95 Å². The number of anilines is 1. The zero-order valence-corrected chi connectivity index (χ0v) is 12.0. The molecular formula is C14H10Cl2FN3. The minimum absolute atomic E-state index is 0.296. The molecule has 3 aromatic rings. The van der Waals surface area contributed by atoms with Gasteiger partial charge in [-0.1, -0.05) is 23.2 Å². The molecule has 6 heteroatoms. The number of nitrogens with zero attached hydrogens (tertiary/aromatic N) is 2. The molecule has 0 fully saturated rings. The molecule has 0 aliphatic heterocycles. The lowest BCUT2D eigenvalue weighted by atomic mass is 10.2. The lowest BCUT2D eigenvalue weighted by molar-refractivity contribution is 0.626. The van der Waals surface area contributed by atoms with Gasteiger partial charge in [0.05, 0.1) is 26.8 Å². The largest absolute Gasteiger partial charge is 0.369 e. The summed E-state index contributed by atoms with van der Waals surface area (Å²) in [6.45, 7) is 1.81. The second-order valence-corrected chi connectivity index (χ2v) is 5.31. The van der Waals surface area contributed by atoms with Gasteiger partial charge >= 0.3 is 0 Å². The summed E-state index contributed by atoms with van der Waals surface area (Å²) in [5.41, 5.74) is 8.84. The number of nitrogen functional groups attached to an aromatic ring is 1. The molecule has 0 atom stereocenters. The molecule has 3 nitrogen and oxygen atoms in total. The number of hydrogen-bond donors (Lipinski definition) is 1. The molecule has 0 unspecified atom stereocenters. The summed E-state index contributed by atoms with van der Waals surface area (Å²) in [5.74, 6) is 0.00311. The van der Waals surface area contributed by atoms with Crippen LogP contribution < -0.4 is 5.73 Å². The molecule has 3 rings (SSSR count). The van der Waals surface area contributed by atoms with E-state index in [2.05, 4.69) is 4.98 Å². The smallest absolute Gasteiger partial charge is 0.205 e. The van der Waals surface area contributed by atoms with Crippen LogP contribution in [0.3, 0.4) is 0 Å². The average Bonchev–Trinajstić information content (AvgIpc) is 2.66. The molecule has 0 spiro atoms. The van der Waals surface area contributed by atoms with E-state index in [1.807, 2.05) is 0 Å². The van der Waals surface area contributed by atoms with E-state index >= 15 is 0 Å². The third-order valence-electron chi connectivity index (χ3n) is 3.12. The molecule has 1 heterocycles. The molecule has 0 saturated heterocycles. The van der Waals surface area contributed by atoms with Crippen molar-refractivity contribution in [1.82, 2.24) is 9.55 Å². The van der Waals surface area contributed by atoms with Crippen molar-refractivity contribution in [2.75, 3.05) is 5.73 Å². The van der Waals surface area contributed by atoms with Crippen molar-refractivity contribution in [2.45, 2.75) is 6.92 Å². The van der Waals surface area contributed by atoms with E-state index < -0.39 is 0 Å². The van der Waals surface area contributed by atoms with Crippen LogP contribution in [0.2, 0.25) is 10.0 Å². The van der Waals surface area contributed by atoms with Gasteiger partial charge in [-0.05, 0) is 42.8 Å². The fraction of sp³-hybridized carbons (Fsp3) is 0.0714. The minimum Gasteiger partial charge on any atom is -0.369 e. The maximum absolute atomic E-state index is 13.2. The van der Waals surface area contributed by atoms with Crippen molar-refractivity contribution in [2.24, 2.45) is 0 Å². The van der Waals surface area contributed by atoms with Crippen LogP contribution in [-0.4, -0.2) is 9.55 Å². The molecular weight excluding hydrogens is 300 g/mol. The summed E-state index contributed by atoms with van der Waals surface area (Å²) in [4.78, 5) is 4.26. The zero-order chi connectivity index (χ0) is 14.4. The highest BCUT2D eigenvalue weighted by atomic mass is 35.5. The Hall–Kier alpha value is -1.78. The molecule has 20 heavy (non-hydrogen) atoms. The van der Waals surface area contributed by atoms with Crippen LogP contribution in [0.25, 0.3) is 16.7 Å². The molecule has 0 radical (unpaired) electrons. The van der Waals surface area contributed by atoms with E-state index in [0.717, 1.165) is 16.8 Å². The van der Waals surface area contributed by atoms with E-state index in [0.29, 0.717) is 21.5 Å². The number of fused-ring (bicyclic) bond motifs is 1. The average molecular weight is 310 g/mol. The Kier molecular flexibility index (Phi) is 3.07. The minimum atomic E-state index is -0.296. The van der Waals surface area contributed by atoms with E-state index in [1.54, 1.807) is 29.7 Å². The van der Waals surface area contributed by atoms with Crippen LogP contribution in [0, 0.1) is 12.7 Å². The van der Waals surface area contributed by atoms with Gasteiger partial charge in [-0.25, -0.2) is 9.37 Å². The predicted octanol–water partition coefficient (Wildman–Crippen LogP) is 4.36. The maximum Gasteiger partial charge on any atom is 0.205 e. The summed E-state index contributed by atoms with van der Waals surface area (Å²) in [5, 5.41) is 0.833. The van der Waals surface area contributed by atoms with E-state index in [-0.39, 0.29) is 5.82 Å². The second-order valence-electron chi connectivity index (χ2n) is 4.49. The second kappa shape index (κ2) is 4.65. The molecule has 2 aromatic carbocycles. The van der Waals surface area contributed by atoms with Crippen molar-refractivity contribution in [3.05, 3.63) is 51.8 Å². The van der Waals surface area contributed by atoms with E-state index in [1.165, 1.54) is 12.1 Å². The van der Waals surface area contributed by atoms with Gasteiger partial charge < -0.3 is 5.73 Å². The Morgan fingerprint density at radius 1 is 1.15 bits per heavy atom. The summed E-state index contributed by atoms with van der Waals surface area (Å²) in [6, 6.07) is 7.84. The SMILES string of the molecule is Cc1cc(F)ccc1-n1c(N)nc2cc(Cl)c(Cl)cc21. The van der Waals surface area contributed by atoms with Gasteiger partial charge in [-0.2, -0.15) is 0 Å². The molecule has 1 aromatic heterocycles. The van der Waals surface area contributed by atoms with Crippen molar-refractivity contribution < 1.29 is 4.39 Å². The zero-order valence-electron chi connectivity index (χ0n) is 10.5. The third kappa shape index (κ3) is 2.01. The van der Waals surface area contributed by atoms with Gasteiger partial charge in [-0.15, -0.1) is 0 Å². The molecule has 0 aliphatic carbocycles. The fourth-order valence-corrected chi connectivity index (χ4v) is 2.53. The van der Waals surface area contributed by atoms with Crippen molar-refractivity contribution in [3.8, 4) is 5.69 Å². The third-order valence-corrected chi connectivity index (χ3v) is 3.84. The Morgan fingerprint density at radius 2 is 1.85 bits per heavy atom. The number of aryl methyl sites for hydroxylation is 1. The first-order valence-corrected chi connectivity index (χ1v) is 6.62. The van der Waals surface area contributed by atoms with Gasteiger partial charge in [0.15, 0.2) is 0 Å². The van der Waals surface area contributed by atoms with Crippen LogP contribution in [0.1, 0.15) is 5.56 Å². The molecule has 2 N–H and O–H groups in total. The Labute approximate surface area is 124 Å². The van der Waals surface area contributed by atoms with Crippen molar-refractivity contribution >= 4 is 40.2 Å². The fourth-order valence-electron chi connectivity index (χ4n) is 2.21. The summed E-state index contributed by atoms with van der Waals surface area (Å²) < 4.78 is 15.0. The number of benzene rings is 2. The van der Waals surface area contributed by atoms with Gasteiger partial charge in [-0.3, -0.25) is 4.57 Å².